The van der Waals surface area contributed by atoms with E-state index in [1.54, 1.807) is 62.3 Å². The van der Waals surface area contributed by atoms with Crippen LogP contribution in [0.5, 0.6) is 5.75 Å². The summed E-state index contributed by atoms with van der Waals surface area (Å²) in [5, 5.41) is 0. The Morgan fingerprint density at radius 3 is 1.92 bits per heavy atom. The van der Waals surface area contributed by atoms with Crippen LogP contribution in [0.25, 0.3) is 0 Å². The molecule has 0 fully saturated rings. The number of benzene rings is 2. The summed E-state index contributed by atoms with van der Waals surface area (Å²) in [6, 6.07) is 14.6. The van der Waals surface area contributed by atoms with E-state index in [0.717, 1.165) is 45.1 Å². The second kappa shape index (κ2) is 19.4. The van der Waals surface area contributed by atoms with Crippen molar-refractivity contribution in [2.24, 2.45) is 0 Å². The van der Waals surface area contributed by atoms with Crippen LogP contribution in [0.4, 0.5) is 4.79 Å². The number of amides is 1. The number of ether oxygens (including phenoxy) is 2. The Morgan fingerprint density at radius 1 is 0.755 bits per heavy atom. The lowest BCUT2D eigenvalue weighted by molar-refractivity contribution is 0.0218. The Kier molecular flexibility index (Phi) is 16.7. The number of rotatable bonds is 20. The molecule has 49 heavy (non-hydrogen) atoms. The number of carbonyl (C=O) groups is 3. The van der Waals surface area contributed by atoms with E-state index in [-0.39, 0.29) is 29.2 Å². The van der Waals surface area contributed by atoms with Crippen LogP contribution < -0.4 is 4.52 Å². The van der Waals surface area contributed by atoms with Gasteiger partial charge in [0.1, 0.15) is 11.4 Å². The molecule has 0 aliphatic heterocycles. The summed E-state index contributed by atoms with van der Waals surface area (Å²) in [6.07, 6.45) is 6.50. The molecular formula is C38H58NO9P. The molecule has 0 spiro atoms. The first-order valence-corrected chi connectivity index (χ1v) is 18.7. The van der Waals surface area contributed by atoms with Gasteiger partial charge in [-0.05, 0) is 118 Å². The largest absolute Gasteiger partial charge is 0.531 e. The van der Waals surface area contributed by atoms with Crippen molar-refractivity contribution >= 4 is 26.0 Å². The van der Waals surface area contributed by atoms with E-state index >= 15 is 0 Å². The molecule has 10 nitrogen and oxygen atoms in total. The minimum atomic E-state index is -4.18. The van der Waals surface area contributed by atoms with Crippen LogP contribution >= 0.6 is 7.82 Å². The monoisotopic (exact) mass is 703 g/mol. The van der Waals surface area contributed by atoms with Gasteiger partial charge in [-0.15, -0.1) is 0 Å². The number of unbranched alkanes of at least 4 members (excludes halogenated alkanes) is 4. The average molecular weight is 704 g/mol. The molecule has 0 aromatic heterocycles. The number of hydrogen-bond acceptors (Lipinski definition) is 9. The highest BCUT2D eigenvalue weighted by Crippen LogP contribution is 2.55. The van der Waals surface area contributed by atoms with E-state index in [2.05, 4.69) is 24.3 Å². The summed E-state index contributed by atoms with van der Waals surface area (Å²) < 4.78 is 42.0. The maximum absolute atomic E-state index is 13.6. The van der Waals surface area contributed by atoms with Crippen LogP contribution in [0.1, 0.15) is 127 Å². The summed E-state index contributed by atoms with van der Waals surface area (Å²) in [6.45, 7) is 17.1. The molecule has 1 amide bonds. The first-order chi connectivity index (χ1) is 22.8. The molecule has 0 aliphatic carbocycles. The molecule has 0 atom stereocenters. The van der Waals surface area contributed by atoms with Crippen molar-refractivity contribution in [2.45, 2.75) is 124 Å². The number of hydrogen-bond donors (Lipinski definition) is 0. The maximum atomic E-state index is 13.6. The number of ketones is 1. The summed E-state index contributed by atoms with van der Waals surface area (Å²) in [7, 11) is -4.18. The fourth-order valence-electron chi connectivity index (χ4n) is 4.71. The highest BCUT2D eigenvalue weighted by atomic mass is 31.2. The number of phosphoric ester groups is 1. The lowest BCUT2D eigenvalue weighted by Crippen LogP contribution is -2.40. The Bertz CT molecular complexity index is 1350. The normalized spacial score (nSPS) is 12.4. The number of aldehydes is 1. The molecule has 274 valence electrons. The third-order valence-corrected chi connectivity index (χ3v) is 8.70. The molecule has 2 aromatic carbocycles. The first-order valence-electron chi connectivity index (χ1n) is 17.2. The zero-order chi connectivity index (χ0) is 36.7. The van der Waals surface area contributed by atoms with Gasteiger partial charge in [0.05, 0.1) is 23.3 Å². The minimum Gasteiger partial charge on any atom is -0.444 e. The van der Waals surface area contributed by atoms with Crippen molar-refractivity contribution in [2.75, 3.05) is 26.3 Å². The van der Waals surface area contributed by atoms with Crippen molar-refractivity contribution in [3.63, 3.8) is 0 Å². The molecule has 11 heteroatoms. The molecule has 0 heterocycles. The number of aryl methyl sites for hydroxylation is 1. The fourth-order valence-corrected chi connectivity index (χ4v) is 6.57. The number of Topliss-reactive ketones (excluding diaryl/α,β-unsaturated/α-hetero) is 1. The van der Waals surface area contributed by atoms with Crippen molar-refractivity contribution < 1.29 is 42.0 Å². The van der Waals surface area contributed by atoms with Crippen LogP contribution in [-0.4, -0.2) is 66.2 Å². The average Bonchev–Trinajstić information content (AvgIpc) is 2.96. The molecule has 0 bridgehead atoms. The SMILES string of the molecule is CC(C)(C)OC(=O)N(CCCCCCOCCCCc1ccccc1)CC(=O)c1ccc(OP(=O)(OC(C)(C)C)OC(C)(C)C)c(C=O)c1. The van der Waals surface area contributed by atoms with E-state index in [4.69, 9.17) is 23.0 Å². The zero-order valence-corrected chi connectivity index (χ0v) is 31.9. The van der Waals surface area contributed by atoms with E-state index in [1.807, 2.05) is 6.07 Å². The quantitative estimate of drug-likeness (QED) is 0.0575. The van der Waals surface area contributed by atoms with E-state index in [9.17, 15) is 18.9 Å². The summed E-state index contributed by atoms with van der Waals surface area (Å²) >= 11 is 0. The van der Waals surface area contributed by atoms with Gasteiger partial charge in [-0.3, -0.25) is 18.6 Å². The number of carbonyl (C=O) groups excluding carboxylic acids is 3. The fraction of sp³-hybridized carbons (Fsp3) is 0.605. The smallest absolute Gasteiger partial charge is 0.444 e. The summed E-state index contributed by atoms with van der Waals surface area (Å²) in [5.41, 5.74) is -0.964. The molecule has 2 aromatic rings. The Morgan fingerprint density at radius 2 is 1.35 bits per heavy atom. The highest BCUT2D eigenvalue weighted by Gasteiger charge is 2.39. The molecule has 0 unspecified atom stereocenters. The second-order valence-electron chi connectivity index (χ2n) is 15.1. The Balaban J connectivity index is 1.96. The third kappa shape index (κ3) is 18.0. The van der Waals surface area contributed by atoms with Gasteiger partial charge >= 0.3 is 13.9 Å². The van der Waals surface area contributed by atoms with Gasteiger partial charge in [-0.25, -0.2) is 9.36 Å². The van der Waals surface area contributed by atoms with Crippen molar-refractivity contribution in [3.05, 3.63) is 65.2 Å². The van der Waals surface area contributed by atoms with Gasteiger partial charge in [-0.1, -0.05) is 43.2 Å². The number of phosphoric acid groups is 1. The van der Waals surface area contributed by atoms with E-state index in [0.29, 0.717) is 25.9 Å². The Hall–Kier alpha value is -3.04. The van der Waals surface area contributed by atoms with Crippen molar-refractivity contribution in [1.82, 2.24) is 4.90 Å². The van der Waals surface area contributed by atoms with Gasteiger partial charge in [-0.2, -0.15) is 0 Å². The Labute approximate surface area is 293 Å². The van der Waals surface area contributed by atoms with Crippen molar-refractivity contribution in [3.8, 4) is 5.75 Å². The molecule has 2 rings (SSSR count). The summed E-state index contributed by atoms with van der Waals surface area (Å²) in [5.74, 6) is -0.440. The van der Waals surface area contributed by atoms with Gasteiger partial charge < -0.3 is 18.9 Å². The molecule has 0 aliphatic rings. The second-order valence-corrected chi connectivity index (χ2v) is 16.6. The lowest BCUT2D eigenvalue weighted by atomic mass is 10.1. The summed E-state index contributed by atoms with van der Waals surface area (Å²) in [4.78, 5) is 39.9. The van der Waals surface area contributed by atoms with Crippen molar-refractivity contribution in [1.29, 1.82) is 0 Å². The van der Waals surface area contributed by atoms with Crippen LogP contribution in [-0.2, 0) is 29.5 Å². The van der Waals surface area contributed by atoms with Crippen LogP contribution in [0.3, 0.4) is 0 Å². The lowest BCUT2D eigenvalue weighted by Gasteiger charge is -2.31. The van der Waals surface area contributed by atoms with Crippen LogP contribution in [0.15, 0.2) is 48.5 Å². The molecule has 0 saturated carbocycles. The van der Waals surface area contributed by atoms with Crippen LogP contribution in [0.2, 0.25) is 0 Å². The molecule has 0 saturated heterocycles. The molecular weight excluding hydrogens is 645 g/mol. The minimum absolute atomic E-state index is 0.0108. The topological polar surface area (TPSA) is 118 Å². The predicted molar refractivity (Wildman–Crippen MR) is 193 cm³/mol. The molecule has 0 radical (unpaired) electrons. The molecule has 0 N–H and O–H groups in total. The number of nitrogens with zero attached hydrogens (tertiary/aromatic N) is 1. The highest BCUT2D eigenvalue weighted by molar-refractivity contribution is 7.49. The van der Waals surface area contributed by atoms with Crippen LogP contribution in [0, 0.1) is 0 Å². The first kappa shape index (κ1) is 42.1. The van der Waals surface area contributed by atoms with Gasteiger partial charge in [0.2, 0.25) is 0 Å². The maximum Gasteiger partial charge on any atom is 0.531 e. The van der Waals surface area contributed by atoms with Gasteiger partial charge in [0.15, 0.2) is 12.1 Å². The van der Waals surface area contributed by atoms with Gasteiger partial charge in [0, 0.05) is 25.3 Å². The van der Waals surface area contributed by atoms with E-state index in [1.165, 1.54) is 28.7 Å². The predicted octanol–water partition coefficient (Wildman–Crippen LogP) is 9.64. The third-order valence-electron chi connectivity index (χ3n) is 6.74. The zero-order valence-electron chi connectivity index (χ0n) is 31.0. The van der Waals surface area contributed by atoms with Gasteiger partial charge in [0.25, 0.3) is 0 Å². The standard InChI is InChI=1S/C38H58NO9P/c1-36(2,3)45-35(42)39(24-16-10-11-17-25-44-26-18-15-21-30-19-13-12-14-20-30)28-33(41)31-22-23-34(32(27-31)29-40)46-49(43,47-37(4,5)6)48-38(7,8)9/h12-14,19-20,22-23,27,29H,10-11,15-18,21,24-26,28H2,1-9H3. The van der Waals surface area contributed by atoms with E-state index < -0.39 is 30.7 Å².